The van der Waals surface area contributed by atoms with E-state index >= 15 is 0 Å². The van der Waals surface area contributed by atoms with E-state index in [4.69, 9.17) is 0 Å². The molecule has 0 spiro atoms. The highest BCUT2D eigenvalue weighted by molar-refractivity contribution is 7.19. The highest BCUT2D eigenvalue weighted by Gasteiger charge is 2.25. The van der Waals surface area contributed by atoms with Gasteiger partial charge in [-0.25, -0.2) is 15.0 Å². The van der Waals surface area contributed by atoms with E-state index in [0.29, 0.717) is 25.3 Å². The summed E-state index contributed by atoms with van der Waals surface area (Å²) in [6, 6.07) is 10.8. The van der Waals surface area contributed by atoms with E-state index in [0.717, 1.165) is 57.0 Å². The number of thiophene rings is 1. The van der Waals surface area contributed by atoms with E-state index in [1.807, 2.05) is 40.9 Å². The molecule has 1 N–H and O–H groups in total. The van der Waals surface area contributed by atoms with Gasteiger partial charge < -0.3 is 15.1 Å². The summed E-state index contributed by atoms with van der Waals surface area (Å²) in [6.07, 6.45) is 7.74. The van der Waals surface area contributed by atoms with Gasteiger partial charge in [-0.05, 0) is 55.9 Å². The molecule has 5 aromatic rings. The van der Waals surface area contributed by atoms with Crippen molar-refractivity contribution in [3.05, 3.63) is 83.2 Å². The average molecular weight is 557 g/mol. The van der Waals surface area contributed by atoms with Gasteiger partial charge in [-0.1, -0.05) is 19.1 Å². The second-order valence-corrected chi connectivity index (χ2v) is 10.9. The standard InChI is InChI=1S/C29H29FN8OS/c1-3-36(2)12-5-8-26(39)37-13-11-22-24(17-37)40-29-27(22)28(31-18-32-29)35-20-9-10-23-19(14-20)15-33-38(23)16-21-6-4-7-25(30)34-21/h4-10,14-15,18H,3,11-13,16-17H2,1-2H3,(H,31,32,35). The first-order valence-electron chi connectivity index (χ1n) is 13.2. The zero-order valence-corrected chi connectivity index (χ0v) is 23.2. The molecule has 0 fully saturated rings. The number of nitrogens with zero attached hydrogens (tertiary/aromatic N) is 7. The van der Waals surface area contributed by atoms with E-state index in [2.05, 4.69) is 37.2 Å². The monoisotopic (exact) mass is 556 g/mol. The summed E-state index contributed by atoms with van der Waals surface area (Å²) in [5.41, 5.74) is 3.62. The number of nitrogens with one attached hydrogen (secondary N) is 1. The first-order chi connectivity index (χ1) is 19.5. The molecule has 0 radical (unpaired) electrons. The predicted molar refractivity (Wildman–Crippen MR) is 155 cm³/mol. The number of benzene rings is 1. The molecule has 5 heterocycles. The number of fused-ring (bicyclic) bond motifs is 4. The van der Waals surface area contributed by atoms with Crippen LogP contribution in [0.5, 0.6) is 0 Å². The third-order valence-corrected chi connectivity index (χ3v) is 8.28. The third kappa shape index (κ3) is 5.30. The van der Waals surface area contributed by atoms with Gasteiger partial charge in [0.15, 0.2) is 0 Å². The van der Waals surface area contributed by atoms with Gasteiger partial charge in [0.1, 0.15) is 17.0 Å². The molecule has 11 heteroatoms. The van der Waals surface area contributed by atoms with Crippen LogP contribution >= 0.6 is 11.3 Å². The molecule has 1 aliphatic rings. The van der Waals surface area contributed by atoms with Crippen molar-refractivity contribution in [2.75, 3.05) is 32.0 Å². The summed E-state index contributed by atoms with van der Waals surface area (Å²) in [5, 5.41) is 9.93. The molecule has 40 heavy (non-hydrogen) atoms. The van der Waals surface area contributed by atoms with Crippen molar-refractivity contribution in [2.24, 2.45) is 0 Å². The Labute approximate surface area is 235 Å². The topological polar surface area (TPSA) is 92.1 Å². The first-order valence-corrected chi connectivity index (χ1v) is 14.0. The Morgan fingerprint density at radius 2 is 2.15 bits per heavy atom. The molecule has 0 bridgehead atoms. The fraction of sp³-hybridized carbons (Fsp3) is 0.276. The Morgan fingerprint density at radius 1 is 1.25 bits per heavy atom. The number of anilines is 2. The average Bonchev–Trinajstić information content (AvgIpc) is 3.53. The quantitative estimate of drug-likeness (QED) is 0.218. The molecule has 0 aliphatic carbocycles. The van der Waals surface area contributed by atoms with Crippen molar-refractivity contribution in [1.82, 2.24) is 34.5 Å². The summed E-state index contributed by atoms with van der Waals surface area (Å²) < 4.78 is 15.3. The van der Waals surface area contributed by atoms with Gasteiger partial charge in [0.2, 0.25) is 11.9 Å². The van der Waals surface area contributed by atoms with Crippen LogP contribution in [-0.4, -0.2) is 67.1 Å². The van der Waals surface area contributed by atoms with Crippen LogP contribution in [-0.2, 0) is 24.3 Å². The molecule has 0 unspecified atom stereocenters. The summed E-state index contributed by atoms with van der Waals surface area (Å²) >= 11 is 1.62. The molecule has 1 aliphatic heterocycles. The number of halogens is 1. The van der Waals surface area contributed by atoms with Crippen LogP contribution in [0.1, 0.15) is 23.1 Å². The number of hydrogen-bond donors (Lipinski definition) is 1. The number of hydrogen-bond acceptors (Lipinski definition) is 8. The summed E-state index contributed by atoms with van der Waals surface area (Å²) in [7, 11) is 2.03. The minimum absolute atomic E-state index is 0.0408. The highest BCUT2D eigenvalue weighted by Crippen LogP contribution is 2.38. The predicted octanol–water partition coefficient (Wildman–Crippen LogP) is 4.76. The molecular weight excluding hydrogens is 527 g/mol. The Morgan fingerprint density at radius 3 is 3.00 bits per heavy atom. The molecule has 4 aromatic heterocycles. The van der Waals surface area contributed by atoms with Gasteiger partial charge >= 0.3 is 0 Å². The zero-order valence-electron chi connectivity index (χ0n) is 22.3. The maximum atomic E-state index is 13.5. The fourth-order valence-electron chi connectivity index (χ4n) is 4.90. The zero-order chi connectivity index (χ0) is 27.6. The van der Waals surface area contributed by atoms with E-state index in [1.165, 1.54) is 11.6 Å². The van der Waals surface area contributed by atoms with Crippen LogP contribution in [0.2, 0.25) is 0 Å². The molecule has 204 valence electrons. The first kappa shape index (κ1) is 26.0. The van der Waals surface area contributed by atoms with Crippen molar-refractivity contribution in [1.29, 1.82) is 0 Å². The lowest BCUT2D eigenvalue weighted by molar-refractivity contribution is -0.126. The Balaban J connectivity index is 1.21. The maximum Gasteiger partial charge on any atom is 0.246 e. The number of rotatable bonds is 8. The Kier molecular flexibility index (Phi) is 7.23. The van der Waals surface area contributed by atoms with Crippen LogP contribution in [0.3, 0.4) is 0 Å². The van der Waals surface area contributed by atoms with Gasteiger partial charge in [-0.2, -0.15) is 9.49 Å². The summed E-state index contributed by atoms with van der Waals surface area (Å²) in [6.45, 7) is 5.41. The van der Waals surface area contributed by atoms with E-state index in [-0.39, 0.29) is 5.91 Å². The minimum atomic E-state index is -0.501. The second-order valence-electron chi connectivity index (χ2n) is 9.83. The molecular formula is C29H29FN8OS. The largest absolute Gasteiger partial charge is 0.340 e. The molecule has 0 atom stereocenters. The third-order valence-electron chi connectivity index (χ3n) is 7.16. The maximum absolute atomic E-state index is 13.5. The number of amides is 1. The van der Waals surface area contributed by atoms with Gasteiger partial charge in [-0.3, -0.25) is 9.48 Å². The minimum Gasteiger partial charge on any atom is -0.340 e. The SMILES string of the molecule is CCN(C)CC=CC(=O)N1CCc2c(sc3ncnc(Nc4ccc5c(cnn5Cc5cccc(F)n5)c4)c23)C1. The smallest absolute Gasteiger partial charge is 0.246 e. The van der Waals surface area contributed by atoms with Crippen LogP contribution < -0.4 is 5.32 Å². The van der Waals surface area contributed by atoms with Gasteiger partial charge in [0, 0.05) is 35.1 Å². The molecule has 0 saturated heterocycles. The van der Waals surface area contributed by atoms with Gasteiger partial charge in [0.05, 0.1) is 35.9 Å². The van der Waals surface area contributed by atoms with Crippen molar-refractivity contribution < 1.29 is 9.18 Å². The number of carbonyl (C=O) groups excluding carboxylic acids is 1. The molecule has 6 rings (SSSR count). The number of aromatic nitrogens is 5. The van der Waals surface area contributed by atoms with Crippen LogP contribution in [0.25, 0.3) is 21.1 Å². The van der Waals surface area contributed by atoms with Crippen LogP contribution in [0.4, 0.5) is 15.9 Å². The molecule has 1 amide bonds. The van der Waals surface area contributed by atoms with Crippen LogP contribution in [0, 0.1) is 5.95 Å². The lowest BCUT2D eigenvalue weighted by Crippen LogP contribution is -2.34. The summed E-state index contributed by atoms with van der Waals surface area (Å²) in [5.74, 6) is 0.290. The summed E-state index contributed by atoms with van der Waals surface area (Å²) in [4.78, 5) is 31.9. The van der Waals surface area contributed by atoms with Crippen molar-refractivity contribution in [3.63, 3.8) is 0 Å². The highest BCUT2D eigenvalue weighted by atomic mass is 32.1. The van der Waals surface area contributed by atoms with E-state index < -0.39 is 5.95 Å². The van der Waals surface area contributed by atoms with Crippen LogP contribution in [0.15, 0.2) is 61.1 Å². The Bertz CT molecular complexity index is 1730. The fourth-order valence-corrected chi connectivity index (χ4v) is 6.10. The number of likely N-dealkylation sites (N-methyl/N-ethyl adjacent to an activating group) is 1. The normalized spacial score (nSPS) is 13.6. The number of pyridine rings is 1. The Hall–Kier alpha value is -4.22. The molecule has 1 aromatic carbocycles. The van der Waals surface area contributed by atoms with Gasteiger partial charge in [0.25, 0.3) is 0 Å². The van der Waals surface area contributed by atoms with E-state index in [1.54, 1.807) is 42.1 Å². The lowest BCUT2D eigenvalue weighted by Gasteiger charge is -2.26. The molecule has 0 saturated carbocycles. The lowest BCUT2D eigenvalue weighted by atomic mass is 10.0. The molecule has 9 nitrogen and oxygen atoms in total. The van der Waals surface area contributed by atoms with Crippen molar-refractivity contribution in [2.45, 2.75) is 26.4 Å². The van der Waals surface area contributed by atoms with Crippen molar-refractivity contribution in [3.8, 4) is 0 Å². The van der Waals surface area contributed by atoms with Crippen molar-refractivity contribution >= 4 is 49.9 Å². The van der Waals surface area contributed by atoms with Gasteiger partial charge in [-0.15, -0.1) is 11.3 Å². The number of carbonyl (C=O) groups is 1. The second kappa shape index (κ2) is 11.1. The van der Waals surface area contributed by atoms with E-state index in [9.17, 15) is 9.18 Å².